The van der Waals surface area contributed by atoms with E-state index in [4.69, 9.17) is 10.5 Å². The topological polar surface area (TPSA) is 93.9 Å². The molecule has 1 aromatic carbocycles. The van der Waals surface area contributed by atoms with Gasteiger partial charge in [-0.05, 0) is 28.1 Å². The molecule has 8 heteroatoms. The van der Waals surface area contributed by atoms with Crippen LogP contribution >= 0.6 is 15.9 Å². The largest absolute Gasteiger partial charge is 0.492 e. The van der Waals surface area contributed by atoms with Gasteiger partial charge in [-0.1, -0.05) is 0 Å². The number of nitrogens with two attached hydrogens (primary N) is 1. The van der Waals surface area contributed by atoms with Crippen LogP contribution in [0.3, 0.4) is 0 Å². The highest BCUT2D eigenvalue weighted by molar-refractivity contribution is 9.10. The zero-order valence-corrected chi connectivity index (χ0v) is 10.8. The van der Waals surface area contributed by atoms with Crippen LogP contribution in [0.4, 0.5) is 4.39 Å². The molecule has 0 atom stereocenters. The number of hydrogen-bond acceptors (Lipinski definition) is 4. The minimum atomic E-state index is -0.744. The van der Waals surface area contributed by atoms with E-state index < -0.39 is 11.7 Å². The molecule has 3 N–H and O–H groups in total. The third-order valence-electron chi connectivity index (χ3n) is 2.26. The van der Waals surface area contributed by atoms with Gasteiger partial charge < -0.3 is 10.5 Å². The lowest BCUT2D eigenvalue weighted by Gasteiger charge is -2.06. The Morgan fingerprint density at radius 1 is 1.50 bits per heavy atom. The average molecular weight is 315 g/mol. The molecule has 1 amide bonds. The molecule has 1 heterocycles. The number of nitrogens with zero attached hydrogens (tertiary/aromatic N) is 2. The lowest BCUT2D eigenvalue weighted by molar-refractivity contribution is 0.0996. The molecule has 0 spiro atoms. The Morgan fingerprint density at radius 2 is 2.22 bits per heavy atom. The molecule has 0 saturated heterocycles. The van der Waals surface area contributed by atoms with E-state index in [1.165, 1.54) is 13.2 Å². The summed E-state index contributed by atoms with van der Waals surface area (Å²) in [6.07, 6.45) is 0. The Bertz CT molecular complexity index is 591. The van der Waals surface area contributed by atoms with Gasteiger partial charge in [-0.3, -0.25) is 4.79 Å². The smallest absolute Gasteiger partial charge is 0.271 e. The maximum atomic E-state index is 13.7. The molecule has 2 aromatic rings. The molecular weight excluding hydrogens is 307 g/mol. The molecule has 94 valence electrons. The van der Waals surface area contributed by atoms with Crippen LogP contribution in [0.5, 0.6) is 5.75 Å². The van der Waals surface area contributed by atoms with Crippen molar-refractivity contribution in [3.8, 4) is 17.0 Å². The summed E-state index contributed by atoms with van der Waals surface area (Å²) in [6, 6.07) is 2.75. The number of amides is 1. The molecule has 2 rings (SSSR count). The van der Waals surface area contributed by atoms with Crippen LogP contribution in [-0.4, -0.2) is 28.4 Å². The number of aromatic nitrogens is 3. The van der Waals surface area contributed by atoms with Crippen LogP contribution in [0.25, 0.3) is 11.3 Å². The number of hydrogen-bond donors (Lipinski definition) is 2. The van der Waals surface area contributed by atoms with Gasteiger partial charge in [-0.15, -0.1) is 0 Å². The molecule has 18 heavy (non-hydrogen) atoms. The second kappa shape index (κ2) is 4.73. The predicted molar refractivity (Wildman–Crippen MR) is 64.5 cm³/mol. The normalized spacial score (nSPS) is 10.4. The summed E-state index contributed by atoms with van der Waals surface area (Å²) in [5.41, 5.74) is 5.64. The van der Waals surface area contributed by atoms with Crippen molar-refractivity contribution in [1.29, 1.82) is 0 Å². The van der Waals surface area contributed by atoms with Crippen molar-refractivity contribution in [3.63, 3.8) is 0 Å². The van der Waals surface area contributed by atoms with Gasteiger partial charge in [0, 0.05) is 5.56 Å². The van der Waals surface area contributed by atoms with E-state index in [0.29, 0.717) is 10.0 Å². The van der Waals surface area contributed by atoms with Crippen molar-refractivity contribution >= 4 is 21.8 Å². The summed E-state index contributed by atoms with van der Waals surface area (Å²) >= 11 is 3.17. The van der Waals surface area contributed by atoms with E-state index in [1.807, 2.05) is 0 Å². The molecule has 0 aliphatic heterocycles. The highest BCUT2D eigenvalue weighted by Crippen LogP contribution is 2.33. The molecule has 0 aliphatic rings. The number of nitrogens with one attached hydrogen (secondary N) is 1. The van der Waals surface area contributed by atoms with Crippen molar-refractivity contribution in [2.75, 3.05) is 7.11 Å². The van der Waals surface area contributed by atoms with E-state index in [1.54, 1.807) is 6.07 Å². The Hall–Kier alpha value is -1.96. The average Bonchev–Trinajstić information content (AvgIpc) is 2.77. The van der Waals surface area contributed by atoms with Gasteiger partial charge in [0.1, 0.15) is 5.69 Å². The summed E-state index contributed by atoms with van der Waals surface area (Å²) in [4.78, 5) is 11.1. The minimum absolute atomic E-state index is 0.0496. The maximum absolute atomic E-state index is 13.7. The lowest BCUT2D eigenvalue weighted by atomic mass is 10.1. The summed E-state index contributed by atoms with van der Waals surface area (Å²) in [7, 11) is 1.35. The molecule has 1 aromatic heterocycles. The fourth-order valence-electron chi connectivity index (χ4n) is 1.50. The Morgan fingerprint density at radius 3 is 2.78 bits per heavy atom. The quantitative estimate of drug-likeness (QED) is 0.897. The fourth-order valence-corrected chi connectivity index (χ4v) is 2.09. The van der Waals surface area contributed by atoms with Crippen molar-refractivity contribution < 1.29 is 13.9 Å². The number of H-pyrrole nitrogens is 1. The number of benzene rings is 1. The molecule has 0 bridgehead atoms. The standard InChI is InChI=1S/C10H8BrFN4O2/c1-18-9-5(11)2-4(3-6(9)12)7-8(10(13)17)15-16-14-7/h2-3H,1H3,(H2,13,17)(H,14,15,16). The predicted octanol–water partition coefficient (Wildman–Crippen LogP) is 1.48. The molecule has 0 unspecified atom stereocenters. The second-order valence-corrected chi connectivity index (χ2v) is 4.21. The number of methoxy groups -OCH3 is 1. The van der Waals surface area contributed by atoms with Gasteiger partial charge in [0.2, 0.25) is 0 Å². The molecule has 0 saturated carbocycles. The Labute approximate surface area is 109 Å². The zero-order valence-electron chi connectivity index (χ0n) is 9.20. The van der Waals surface area contributed by atoms with Crippen LogP contribution < -0.4 is 10.5 Å². The number of aromatic amines is 1. The number of carbonyl (C=O) groups excluding carboxylic acids is 1. The number of primary amides is 1. The van der Waals surface area contributed by atoms with E-state index in [0.717, 1.165) is 0 Å². The van der Waals surface area contributed by atoms with Gasteiger partial charge in [0.15, 0.2) is 17.3 Å². The summed E-state index contributed by atoms with van der Waals surface area (Å²) in [5.74, 6) is -1.26. The molecular formula is C10H8BrFN4O2. The molecule has 6 nitrogen and oxygen atoms in total. The first kappa shape index (κ1) is 12.5. The van der Waals surface area contributed by atoms with Gasteiger partial charge in [0.05, 0.1) is 11.6 Å². The first-order valence-electron chi connectivity index (χ1n) is 4.78. The maximum Gasteiger partial charge on any atom is 0.271 e. The fraction of sp³-hybridized carbons (Fsp3) is 0.100. The summed E-state index contributed by atoms with van der Waals surface area (Å²) < 4.78 is 19.0. The Balaban J connectivity index is 2.58. The lowest BCUT2D eigenvalue weighted by Crippen LogP contribution is -2.12. The molecule has 0 radical (unpaired) electrons. The van der Waals surface area contributed by atoms with E-state index in [9.17, 15) is 9.18 Å². The number of rotatable bonds is 3. The second-order valence-electron chi connectivity index (χ2n) is 3.36. The van der Waals surface area contributed by atoms with Gasteiger partial charge in [-0.25, -0.2) is 4.39 Å². The van der Waals surface area contributed by atoms with E-state index in [2.05, 4.69) is 31.3 Å². The number of ether oxygens (including phenoxy) is 1. The number of halogens is 2. The third-order valence-corrected chi connectivity index (χ3v) is 2.85. The van der Waals surface area contributed by atoms with Crippen LogP contribution in [0.2, 0.25) is 0 Å². The third kappa shape index (κ3) is 2.06. The monoisotopic (exact) mass is 314 g/mol. The van der Waals surface area contributed by atoms with Crippen LogP contribution in [0.1, 0.15) is 10.5 Å². The first-order valence-corrected chi connectivity index (χ1v) is 5.58. The molecule has 0 fully saturated rings. The van der Waals surface area contributed by atoms with E-state index >= 15 is 0 Å². The summed E-state index contributed by atoms with van der Waals surface area (Å²) in [5, 5.41) is 9.67. The van der Waals surface area contributed by atoms with Gasteiger partial charge >= 0.3 is 0 Å². The minimum Gasteiger partial charge on any atom is -0.492 e. The van der Waals surface area contributed by atoms with E-state index in [-0.39, 0.29) is 17.1 Å². The number of carbonyl (C=O) groups is 1. The first-order chi connectivity index (χ1) is 8.54. The Kier molecular flexibility index (Phi) is 3.28. The summed E-state index contributed by atoms with van der Waals surface area (Å²) in [6.45, 7) is 0. The van der Waals surface area contributed by atoms with Crippen molar-refractivity contribution in [2.45, 2.75) is 0 Å². The van der Waals surface area contributed by atoms with Crippen molar-refractivity contribution in [2.24, 2.45) is 5.73 Å². The molecule has 0 aliphatic carbocycles. The highest BCUT2D eigenvalue weighted by atomic mass is 79.9. The van der Waals surface area contributed by atoms with Crippen molar-refractivity contribution in [3.05, 3.63) is 28.1 Å². The van der Waals surface area contributed by atoms with Crippen molar-refractivity contribution in [1.82, 2.24) is 15.4 Å². The van der Waals surface area contributed by atoms with Gasteiger partial charge in [-0.2, -0.15) is 15.4 Å². The van der Waals surface area contributed by atoms with Crippen LogP contribution in [0.15, 0.2) is 16.6 Å². The SMILES string of the molecule is COc1c(F)cc(-c2n[nH]nc2C(N)=O)cc1Br. The van der Waals surface area contributed by atoms with Gasteiger partial charge in [0.25, 0.3) is 5.91 Å². The van der Waals surface area contributed by atoms with Crippen LogP contribution in [-0.2, 0) is 0 Å². The zero-order chi connectivity index (χ0) is 13.3. The highest BCUT2D eigenvalue weighted by Gasteiger charge is 2.18. The van der Waals surface area contributed by atoms with Crippen LogP contribution in [0, 0.1) is 5.82 Å².